The lowest BCUT2D eigenvalue weighted by Crippen LogP contribution is -2.42. The van der Waals surface area contributed by atoms with E-state index in [2.05, 4.69) is 5.32 Å². The summed E-state index contributed by atoms with van der Waals surface area (Å²) < 4.78 is 10.6. The van der Waals surface area contributed by atoms with Crippen LogP contribution in [-0.2, 0) is 11.3 Å². The molecule has 1 aliphatic rings. The topological polar surface area (TPSA) is 77.5 Å². The number of carbonyl (C=O) groups excluding carboxylic acids is 1. The van der Waals surface area contributed by atoms with Gasteiger partial charge < -0.3 is 20.2 Å². The first-order chi connectivity index (χ1) is 9.69. The molecule has 1 heterocycles. The molecule has 120 valence electrons. The number of nitrogens with one attached hydrogen (secondary N) is 1. The molecule has 21 heavy (non-hydrogen) atoms. The van der Waals surface area contributed by atoms with Crippen LogP contribution in [0.25, 0.3) is 0 Å². The molecule has 2 rings (SSSR count). The SMILES string of the molecule is CCOCCC1(CNC(=O)c2coc(CN)c2)CCC1.Cl. The predicted octanol–water partition coefficient (Wildman–Crippen LogP) is 2.49. The molecule has 3 N–H and O–H groups in total. The number of ether oxygens (including phenoxy) is 1. The number of halogens is 1. The van der Waals surface area contributed by atoms with E-state index in [0.29, 0.717) is 24.4 Å². The Hall–Kier alpha value is -1.04. The maximum Gasteiger partial charge on any atom is 0.254 e. The zero-order valence-electron chi connectivity index (χ0n) is 12.5. The maximum absolute atomic E-state index is 12.0. The lowest BCUT2D eigenvalue weighted by Gasteiger charge is -2.42. The van der Waals surface area contributed by atoms with Gasteiger partial charge in [0.25, 0.3) is 5.91 Å². The maximum atomic E-state index is 12.0. The van der Waals surface area contributed by atoms with Crippen molar-refractivity contribution in [2.24, 2.45) is 11.1 Å². The van der Waals surface area contributed by atoms with Crippen molar-refractivity contribution in [2.75, 3.05) is 19.8 Å². The molecular weight excluding hydrogens is 292 g/mol. The van der Waals surface area contributed by atoms with Gasteiger partial charge in [-0.3, -0.25) is 4.79 Å². The van der Waals surface area contributed by atoms with Gasteiger partial charge in [0.05, 0.1) is 12.1 Å². The molecule has 6 heteroatoms. The summed E-state index contributed by atoms with van der Waals surface area (Å²) in [5.41, 5.74) is 6.24. The highest BCUT2D eigenvalue weighted by molar-refractivity contribution is 5.94. The highest BCUT2D eigenvalue weighted by Gasteiger charge is 2.36. The molecular formula is C15H25ClN2O3. The first-order valence-electron chi connectivity index (χ1n) is 7.32. The normalized spacial score (nSPS) is 15.9. The number of amides is 1. The summed E-state index contributed by atoms with van der Waals surface area (Å²) in [7, 11) is 0. The van der Waals surface area contributed by atoms with Gasteiger partial charge in [0.2, 0.25) is 0 Å². The highest BCUT2D eigenvalue weighted by Crippen LogP contribution is 2.43. The lowest BCUT2D eigenvalue weighted by atomic mass is 9.66. The van der Waals surface area contributed by atoms with E-state index in [9.17, 15) is 4.79 Å². The van der Waals surface area contributed by atoms with Crippen molar-refractivity contribution in [1.29, 1.82) is 0 Å². The summed E-state index contributed by atoms with van der Waals surface area (Å²) in [6, 6.07) is 1.70. The highest BCUT2D eigenvalue weighted by atomic mass is 35.5. The van der Waals surface area contributed by atoms with E-state index in [1.165, 1.54) is 25.5 Å². The largest absolute Gasteiger partial charge is 0.467 e. The Bertz CT molecular complexity index is 444. The van der Waals surface area contributed by atoms with Gasteiger partial charge in [-0.15, -0.1) is 12.4 Å². The summed E-state index contributed by atoms with van der Waals surface area (Å²) in [5, 5.41) is 3.01. The van der Waals surface area contributed by atoms with E-state index in [1.807, 2.05) is 6.92 Å². The third-order valence-corrected chi connectivity index (χ3v) is 4.14. The number of hydrogen-bond donors (Lipinski definition) is 2. The summed E-state index contributed by atoms with van der Waals surface area (Å²) in [6.45, 7) is 4.55. The smallest absolute Gasteiger partial charge is 0.254 e. The van der Waals surface area contributed by atoms with Gasteiger partial charge in [0, 0.05) is 19.8 Å². The third kappa shape index (κ3) is 4.73. The van der Waals surface area contributed by atoms with E-state index in [4.69, 9.17) is 14.9 Å². The van der Waals surface area contributed by atoms with Crippen LogP contribution < -0.4 is 11.1 Å². The second-order valence-electron chi connectivity index (χ2n) is 5.49. The molecule has 1 saturated carbocycles. The van der Waals surface area contributed by atoms with E-state index < -0.39 is 0 Å². The Morgan fingerprint density at radius 2 is 2.29 bits per heavy atom. The molecule has 0 unspecified atom stereocenters. The zero-order valence-corrected chi connectivity index (χ0v) is 13.3. The van der Waals surface area contributed by atoms with Gasteiger partial charge in [0.15, 0.2) is 0 Å². The van der Waals surface area contributed by atoms with Crippen LogP contribution in [0.5, 0.6) is 0 Å². The fourth-order valence-electron chi connectivity index (χ4n) is 2.60. The summed E-state index contributed by atoms with van der Waals surface area (Å²) in [5.74, 6) is 0.543. The fraction of sp³-hybridized carbons (Fsp3) is 0.667. The second kappa shape index (κ2) is 8.41. The van der Waals surface area contributed by atoms with Crippen molar-refractivity contribution in [3.05, 3.63) is 23.7 Å². The molecule has 0 radical (unpaired) electrons. The number of carbonyl (C=O) groups is 1. The number of rotatable bonds is 8. The molecule has 5 nitrogen and oxygen atoms in total. The number of nitrogens with two attached hydrogens (primary N) is 1. The van der Waals surface area contributed by atoms with E-state index in [1.54, 1.807) is 6.07 Å². The molecule has 0 spiro atoms. The van der Waals surface area contributed by atoms with Gasteiger partial charge >= 0.3 is 0 Å². The predicted molar refractivity (Wildman–Crippen MR) is 83.6 cm³/mol. The van der Waals surface area contributed by atoms with Crippen LogP contribution >= 0.6 is 12.4 Å². The molecule has 0 saturated heterocycles. The van der Waals surface area contributed by atoms with Crippen molar-refractivity contribution >= 4 is 18.3 Å². The van der Waals surface area contributed by atoms with Crippen LogP contribution in [0.2, 0.25) is 0 Å². The summed E-state index contributed by atoms with van der Waals surface area (Å²) >= 11 is 0. The molecule has 1 aromatic heterocycles. The molecule has 1 fully saturated rings. The first-order valence-corrected chi connectivity index (χ1v) is 7.32. The Morgan fingerprint density at radius 3 is 2.81 bits per heavy atom. The minimum Gasteiger partial charge on any atom is -0.467 e. The minimum atomic E-state index is -0.0869. The number of furan rings is 1. The van der Waals surface area contributed by atoms with E-state index >= 15 is 0 Å². The first kappa shape index (κ1) is 18.0. The minimum absolute atomic E-state index is 0. The van der Waals surface area contributed by atoms with E-state index in [-0.39, 0.29) is 23.7 Å². The number of hydrogen-bond acceptors (Lipinski definition) is 4. The Kier molecular flexibility index (Phi) is 7.22. The van der Waals surface area contributed by atoms with Gasteiger partial charge in [-0.05, 0) is 37.7 Å². The van der Waals surface area contributed by atoms with Crippen molar-refractivity contribution in [1.82, 2.24) is 5.32 Å². The van der Waals surface area contributed by atoms with Gasteiger partial charge in [-0.25, -0.2) is 0 Å². The van der Waals surface area contributed by atoms with Crippen molar-refractivity contribution < 1.29 is 13.9 Å². The molecule has 0 aliphatic heterocycles. The Labute approximate surface area is 132 Å². The van der Waals surface area contributed by atoms with Crippen LogP contribution in [0.4, 0.5) is 0 Å². The molecule has 0 atom stereocenters. The summed E-state index contributed by atoms with van der Waals surface area (Å²) in [4.78, 5) is 12.0. The molecule has 1 amide bonds. The quantitative estimate of drug-likeness (QED) is 0.722. The van der Waals surface area contributed by atoms with Gasteiger partial charge in [-0.2, -0.15) is 0 Å². The summed E-state index contributed by atoms with van der Waals surface area (Å²) in [6.07, 6.45) is 6.05. The average molecular weight is 317 g/mol. The standard InChI is InChI=1S/C15H24N2O3.ClH/c1-2-19-7-6-15(4-3-5-15)11-17-14(18)12-8-13(9-16)20-10-12;/h8,10H,2-7,9,11,16H2,1H3,(H,17,18);1H. The lowest BCUT2D eigenvalue weighted by molar-refractivity contribution is 0.0513. The van der Waals surface area contributed by atoms with Gasteiger partial charge in [0.1, 0.15) is 12.0 Å². The van der Waals surface area contributed by atoms with Crippen LogP contribution in [0.1, 0.15) is 48.7 Å². The third-order valence-electron chi connectivity index (χ3n) is 4.14. The Balaban J connectivity index is 0.00000220. The van der Waals surface area contributed by atoms with Crippen LogP contribution in [0.3, 0.4) is 0 Å². The van der Waals surface area contributed by atoms with Crippen molar-refractivity contribution in [2.45, 2.75) is 39.2 Å². The monoisotopic (exact) mass is 316 g/mol. The molecule has 1 aromatic rings. The Morgan fingerprint density at radius 1 is 1.52 bits per heavy atom. The zero-order chi connectivity index (χ0) is 14.4. The van der Waals surface area contributed by atoms with Crippen LogP contribution in [-0.4, -0.2) is 25.7 Å². The van der Waals surface area contributed by atoms with Crippen LogP contribution in [0.15, 0.2) is 16.7 Å². The van der Waals surface area contributed by atoms with Crippen molar-refractivity contribution in [3.63, 3.8) is 0 Å². The van der Waals surface area contributed by atoms with Crippen molar-refractivity contribution in [3.8, 4) is 0 Å². The van der Waals surface area contributed by atoms with Crippen LogP contribution in [0, 0.1) is 5.41 Å². The average Bonchev–Trinajstić information content (AvgIpc) is 2.89. The van der Waals surface area contributed by atoms with E-state index in [0.717, 1.165) is 19.6 Å². The fourth-order valence-corrected chi connectivity index (χ4v) is 2.60. The van der Waals surface area contributed by atoms with Gasteiger partial charge in [-0.1, -0.05) is 6.42 Å². The molecule has 1 aliphatic carbocycles. The second-order valence-corrected chi connectivity index (χ2v) is 5.49. The molecule has 0 bridgehead atoms. The molecule has 0 aromatic carbocycles.